The summed E-state index contributed by atoms with van der Waals surface area (Å²) in [6.07, 6.45) is 0. The van der Waals surface area contributed by atoms with Gasteiger partial charge in [0.25, 0.3) is 0 Å². The maximum absolute atomic E-state index is 9.17. The molecule has 0 saturated carbocycles. The van der Waals surface area contributed by atoms with Crippen molar-refractivity contribution in [3.8, 4) is 0 Å². The van der Waals surface area contributed by atoms with Gasteiger partial charge in [0.05, 0.1) is 0 Å². The molecule has 0 aromatic rings. The van der Waals surface area contributed by atoms with Gasteiger partial charge in [-0.2, -0.15) is 0 Å². The van der Waals surface area contributed by atoms with Crippen LogP contribution in [0.15, 0.2) is 5.11 Å². The quantitative estimate of drug-likeness (QED) is 0.378. The van der Waals surface area contributed by atoms with Crippen molar-refractivity contribution in [3.05, 3.63) is 0 Å². The molecule has 0 aliphatic rings. The van der Waals surface area contributed by atoms with Gasteiger partial charge in [-0.3, -0.25) is 0 Å². The lowest BCUT2D eigenvalue weighted by Gasteiger charge is -1.61. The molecule has 2 amide bonds. The fourth-order valence-electron chi connectivity index (χ4n) is 0. The summed E-state index contributed by atoms with van der Waals surface area (Å²) in [7, 11) is 0. The third-order valence-corrected chi connectivity index (χ3v) is 0.0986. The summed E-state index contributed by atoms with van der Waals surface area (Å²) >= 11 is 0. The first kappa shape index (κ1) is 4.07. The van der Waals surface area contributed by atoms with E-state index in [9.17, 15) is 4.79 Å². The second-order valence-corrected chi connectivity index (χ2v) is 0.438. The molecule has 0 rings (SSSR count). The Balaban J connectivity index is 3.20. The van der Waals surface area contributed by atoms with Gasteiger partial charge >= 0.3 is 6.03 Å². The number of carbonyl (C=O) groups is 1. The van der Waals surface area contributed by atoms with E-state index in [0.29, 0.717) is 0 Å². The van der Waals surface area contributed by atoms with Gasteiger partial charge in [-0.1, -0.05) is 5.11 Å². The summed E-state index contributed by atoms with van der Waals surface area (Å²) in [5, 5.41) is 2.03. The van der Waals surface area contributed by atoms with Crippen molar-refractivity contribution in [3.63, 3.8) is 0 Å². The van der Waals surface area contributed by atoms with E-state index in [4.69, 9.17) is 5.53 Å². The fraction of sp³-hybridized carbons (Fsp3) is 0. The Morgan fingerprint density at radius 2 is 2.20 bits per heavy atom. The van der Waals surface area contributed by atoms with Crippen LogP contribution in [0, 0.1) is 0 Å². The van der Waals surface area contributed by atoms with Crippen LogP contribution in [-0.2, 0) is 0 Å². The van der Waals surface area contributed by atoms with Crippen LogP contribution < -0.4 is 11.3 Å². The van der Waals surface area contributed by atoms with Crippen LogP contribution in [0.4, 0.5) is 4.79 Å². The van der Waals surface area contributed by atoms with Gasteiger partial charge in [-0.05, 0) is 5.53 Å². The Hall–Kier alpha value is -0.930. The average molecular weight is 72.0 g/mol. The highest BCUT2D eigenvalue weighted by Crippen LogP contribution is 1.52. The summed E-state index contributed by atoms with van der Waals surface area (Å²) in [5.74, 6) is 0. The minimum Gasteiger partial charge on any atom is -0.348 e. The van der Waals surface area contributed by atoms with E-state index in [1.165, 1.54) is 0 Å². The smallest absolute Gasteiger partial charge is 0.348 e. The van der Waals surface area contributed by atoms with E-state index in [1.807, 2.05) is 5.11 Å². The highest BCUT2D eigenvalue weighted by atomic mass is 16.2. The number of nitrogens with zero attached hydrogens (tertiary/aromatic N) is 2. The molecule has 0 aliphatic carbocycles. The Kier molecular flexibility index (Phi) is 1.14. The van der Waals surface area contributed by atoms with Gasteiger partial charge in [0.15, 0.2) is 0 Å². The van der Waals surface area contributed by atoms with Crippen LogP contribution in [0.2, 0.25) is 0 Å². The van der Waals surface area contributed by atoms with Crippen LogP contribution in [0.1, 0.15) is 0 Å². The molecule has 27 valence electrons. The average Bonchev–Trinajstić information content (AvgIpc) is 1.38. The molecule has 4 nitrogen and oxygen atoms in total. The summed E-state index contributed by atoms with van der Waals surface area (Å²) in [6.45, 7) is 0. The molecule has 2 N–H and O–H groups in total. The first-order valence-electron chi connectivity index (χ1n) is 0.916. The van der Waals surface area contributed by atoms with E-state index in [1.54, 1.807) is 0 Å². The molecule has 0 unspecified atom stereocenters. The third-order valence-electron chi connectivity index (χ3n) is 0.0986. The summed E-state index contributed by atoms with van der Waals surface area (Å²) < 4.78 is 0. The molecule has 0 bridgehead atoms. The van der Waals surface area contributed by atoms with Crippen molar-refractivity contribution in [1.29, 1.82) is 0 Å². The molecule has 1 radical (unpaired) electrons. The van der Waals surface area contributed by atoms with Crippen molar-refractivity contribution < 1.29 is 4.79 Å². The number of hydrogen-bond donors (Lipinski definition) is 1. The lowest BCUT2D eigenvalue weighted by Crippen LogP contribution is -2.01. The second kappa shape index (κ2) is 1.40. The second-order valence-electron chi connectivity index (χ2n) is 0.438. The molecule has 5 heavy (non-hydrogen) atoms. The number of rotatable bonds is 0. The number of nitrogens with two attached hydrogens (primary N) is 1. The zero-order valence-corrected chi connectivity index (χ0v) is 2.38. The minimum absolute atomic E-state index is 1.06. The third kappa shape index (κ3) is 3.07. The largest absolute Gasteiger partial charge is 0.358 e. The fourth-order valence-corrected chi connectivity index (χ4v) is 0. The maximum atomic E-state index is 9.17. The minimum atomic E-state index is -1.06. The molecule has 0 aromatic carbocycles. The topological polar surface area (TPSA) is 77.8 Å². The lowest BCUT2D eigenvalue weighted by molar-refractivity contribution is 0.255. The summed E-state index contributed by atoms with van der Waals surface area (Å²) in [5.41, 5.74) is 11.5. The van der Waals surface area contributed by atoms with Gasteiger partial charge in [0.1, 0.15) is 0 Å². The van der Waals surface area contributed by atoms with Crippen LogP contribution >= 0.6 is 0 Å². The Morgan fingerprint density at radius 1 is 2.00 bits per heavy atom. The summed E-state index contributed by atoms with van der Waals surface area (Å²) in [6, 6.07) is -1.06. The monoisotopic (exact) mass is 72.0 g/mol. The number of hydrogen-bond acceptors (Lipinski definition) is 1. The molecule has 0 saturated heterocycles. The summed E-state index contributed by atoms with van der Waals surface area (Å²) in [4.78, 5) is 9.17. The van der Waals surface area contributed by atoms with E-state index in [2.05, 4.69) is 5.73 Å². The number of primary amides is 1. The zero-order valence-electron chi connectivity index (χ0n) is 2.38. The normalized spacial score (nSPS) is 6.40. The van der Waals surface area contributed by atoms with Gasteiger partial charge in [0.2, 0.25) is 0 Å². The number of urea groups is 1. The molecule has 4 heteroatoms. The molecule has 0 heterocycles. The Morgan fingerprint density at radius 3 is 2.20 bits per heavy atom. The predicted molar refractivity (Wildman–Crippen MR) is 14.1 cm³/mol. The van der Waals surface area contributed by atoms with Gasteiger partial charge in [-0.15, -0.1) is 0 Å². The van der Waals surface area contributed by atoms with Crippen LogP contribution in [-0.4, -0.2) is 6.03 Å². The van der Waals surface area contributed by atoms with E-state index < -0.39 is 6.03 Å². The van der Waals surface area contributed by atoms with Gasteiger partial charge < -0.3 is 5.73 Å². The first-order valence-corrected chi connectivity index (χ1v) is 0.916. The van der Waals surface area contributed by atoms with Crippen molar-refractivity contribution in [2.24, 2.45) is 10.8 Å². The molecule has 0 atom stereocenters. The van der Waals surface area contributed by atoms with E-state index in [0.717, 1.165) is 0 Å². The van der Waals surface area contributed by atoms with Gasteiger partial charge in [0, 0.05) is 0 Å². The van der Waals surface area contributed by atoms with Crippen LogP contribution in [0.3, 0.4) is 0 Å². The molecular weight excluding hydrogens is 70.0 g/mol. The van der Waals surface area contributed by atoms with Crippen molar-refractivity contribution >= 4 is 6.03 Å². The predicted octanol–water partition coefficient (Wildman–Crippen LogP) is -0.683. The highest BCUT2D eigenvalue weighted by molar-refractivity contribution is 5.71. The number of carbonyl (C=O) groups excluding carboxylic acids is 1. The number of amides is 2. The van der Waals surface area contributed by atoms with Gasteiger partial charge in [-0.25, -0.2) is 4.79 Å². The van der Waals surface area contributed by atoms with E-state index >= 15 is 0 Å². The van der Waals surface area contributed by atoms with Crippen LogP contribution in [0.25, 0.3) is 0 Å². The van der Waals surface area contributed by atoms with Crippen LogP contribution in [0.5, 0.6) is 0 Å². The van der Waals surface area contributed by atoms with Crippen molar-refractivity contribution in [2.45, 2.75) is 0 Å². The molecule has 0 aromatic heterocycles. The van der Waals surface area contributed by atoms with Crippen molar-refractivity contribution in [1.82, 2.24) is 5.53 Å². The molecule has 0 aliphatic heterocycles. The van der Waals surface area contributed by atoms with Crippen molar-refractivity contribution in [2.75, 3.05) is 0 Å². The Labute approximate surface area is 28.5 Å². The van der Waals surface area contributed by atoms with E-state index in [-0.39, 0.29) is 0 Å². The molecular formula is CH2N3O. The molecule has 0 spiro atoms. The highest BCUT2D eigenvalue weighted by Gasteiger charge is 1.74. The SMILES string of the molecule is [N]=NC(N)=O. The standard InChI is InChI=1S/CH2N3O/c2-1(5)4-3/h(H2,2,5). The molecule has 0 fully saturated rings. The first-order chi connectivity index (χ1) is 2.27. The lowest BCUT2D eigenvalue weighted by atomic mass is 11.2. The Bertz CT molecular complexity index is 57.9. The zero-order chi connectivity index (χ0) is 4.28. The maximum Gasteiger partial charge on any atom is 0.358 e.